The number of rotatable bonds is 5. The molecule has 1 unspecified atom stereocenters. The van der Waals surface area contributed by atoms with Gasteiger partial charge in [0, 0.05) is 13.0 Å². The fourth-order valence-corrected chi connectivity index (χ4v) is 1.96. The van der Waals surface area contributed by atoms with Gasteiger partial charge in [-0.3, -0.25) is 0 Å². The largest absolute Gasteiger partial charge is 0.488 e. The molecule has 1 aromatic carbocycles. The second kappa shape index (κ2) is 6.40. The number of carbonyl (C=O) groups excluding carboxylic acids is 1. The Morgan fingerprint density at radius 3 is 2.82 bits per heavy atom. The van der Waals surface area contributed by atoms with E-state index < -0.39 is 0 Å². The van der Waals surface area contributed by atoms with Crippen molar-refractivity contribution >= 4 is 6.29 Å². The molecule has 2 rings (SSSR count). The van der Waals surface area contributed by atoms with Crippen LogP contribution in [0.15, 0.2) is 24.3 Å². The lowest BCUT2D eigenvalue weighted by Crippen LogP contribution is -2.27. The smallest absolute Gasteiger partial charge is 0.122 e. The van der Waals surface area contributed by atoms with E-state index in [0.717, 1.165) is 37.9 Å². The Morgan fingerprint density at radius 1 is 1.35 bits per heavy atom. The lowest BCUT2D eigenvalue weighted by Gasteiger charge is -2.23. The summed E-state index contributed by atoms with van der Waals surface area (Å²) < 4.78 is 11.2. The number of hydrogen-bond acceptors (Lipinski definition) is 3. The molecule has 1 atom stereocenters. The molecule has 17 heavy (non-hydrogen) atoms. The van der Waals surface area contributed by atoms with E-state index in [2.05, 4.69) is 0 Å². The number of aldehydes is 1. The van der Waals surface area contributed by atoms with Gasteiger partial charge < -0.3 is 14.3 Å². The van der Waals surface area contributed by atoms with E-state index in [0.29, 0.717) is 13.0 Å². The van der Waals surface area contributed by atoms with E-state index in [1.807, 2.05) is 24.3 Å². The van der Waals surface area contributed by atoms with E-state index in [1.54, 1.807) is 0 Å². The molecular weight excluding hydrogens is 216 g/mol. The summed E-state index contributed by atoms with van der Waals surface area (Å²) in [6.07, 6.45) is 4.65. The average Bonchev–Trinajstić information content (AvgIpc) is 2.39. The molecule has 0 N–H and O–H groups in total. The van der Waals surface area contributed by atoms with Crippen molar-refractivity contribution < 1.29 is 14.3 Å². The van der Waals surface area contributed by atoms with Gasteiger partial charge in [0.2, 0.25) is 0 Å². The summed E-state index contributed by atoms with van der Waals surface area (Å²) in [6.45, 7) is 1.54. The molecule has 1 heterocycles. The first-order chi connectivity index (χ1) is 8.38. The summed E-state index contributed by atoms with van der Waals surface area (Å²) in [4.78, 5) is 10.3. The maximum Gasteiger partial charge on any atom is 0.122 e. The fourth-order valence-electron chi connectivity index (χ4n) is 1.96. The Morgan fingerprint density at radius 2 is 2.18 bits per heavy atom. The number of hydrogen-bond donors (Lipinski definition) is 0. The van der Waals surface area contributed by atoms with E-state index in [-0.39, 0.29) is 6.10 Å². The van der Waals surface area contributed by atoms with Crippen molar-refractivity contribution in [1.82, 2.24) is 0 Å². The molecule has 1 aliphatic heterocycles. The van der Waals surface area contributed by atoms with Gasteiger partial charge in [0.1, 0.15) is 18.1 Å². The second-order valence-electron chi connectivity index (χ2n) is 4.31. The summed E-state index contributed by atoms with van der Waals surface area (Å²) >= 11 is 0. The van der Waals surface area contributed by atoms with E-state index >= 15 is 0 Å². The highest BCUT2D eigenvalue weighted by atomic mass is 16.5. The van der Waals surface area contributed by atoms with Crippen LogP contribution in [0.4, 0.5) is 0 Å². The van der Waals surface area contributed by atoms with Crippen molar-refractivity contribution in [3.63, 3.8) is 0 Å². The Balaban J connectivity index is 1.86. The van der Waals surface area contributed by atoms with Crippen LogP contribution in [-0.2, 0) is 16.0 Å². The van der Waals surface area contributed by atoms with Crippen molar-refractivity contribution in [2.24, 2.45) is 0 Å². The minimum atomic E-state index is 0.185. The zero-order chi connectivity index (χ0) is 11.9. The summed E-state index contributed by atoms with van der Waals surface area (Å²) in [5.41, 5.74) is 1.17. The van der Waals surface area contributed by atoms with Crippen molar-refractivity contribution in [3.05, 3.63) is 29.8 Å². The van der Waals surface area contributed by atoms with Gasteiger partial charge in [0.25, 0.3) is 0 Å². The lowest BCUT2D eigenvalue weighted by molar-refractivity contribution is -0.107. The molecule has 3 heteroatoms. The van der Waals surface area contributed by atoms with Gasteiger partial charge in [-0.25, -0.2) is 0 Å². The third-order valence-electron chi connectivity index (χ3n) is 2.90. The van der Waals surface area contributed by atoms with E-state index in [9.17, 15) is 4.79 Å². The van der Waals surface area contributed by atoms with Crippen LogP contribution < -0.4 is 4.74 Å². The van der Waals surface area contributed by atoms with Gasteiger partial charge in [-0.1, -0.05) is 12.1 Å². The van der Waals surface area contributed by atoms with E-state index in [4.69, 9.17) is 9.47 Å². The lowest BCUT2D eigenvalue weighted by atomic mass is 10.1. The van der Waals surface area contributed by atoms with Crippen molar-refractivity contribution in [2.75, 3.05) is 13.2 Å². The van der Waals surface area contributed by atoms with Gasteiger partial charge in [0.15, 0.2) is 0 Å². The standard InChI is InChI=1S/C14H18O3/c15-9-1-3-12-5-7-13(8-6-12)17-14-4-2-10-16-11-14/h5-9,14H,1-4,10-11H2. The van der Waals surface area contributed by atoms with Gasteiger partial charge in [0.05, 0.1) is 6.61 Å². The maximum atomic E-state index is 10.3. The Kier molecular flexibility index (Phi) is 4.56. The molecule has 92 valence electrons. The SMILES string of the molecule is O=CCCc1ccc(OC2CCCOC2)cc1. The minimum absolute atomic E-state index is 0.185. The zero-order valence-electron chi connectivity index (χ0n) is 9.93. The molecule has 0 aromatic heterocycles. The van der Waals surface area contributed by atoms with Crippen LogP contribution in [0.5, 0.6) is 5.75 Å². The molecular formula is C14H18O3. The Bertz CT molecular complexity index is 339. The third-order valence-corrected chi connectivity index (χ3v) is 2.90. The number of aryl methyl sites for hydroxylation is 1. The van der Waals surface area contributed by atoms with Crippen LogP contribution in [0.3, 0.4) is 0 Å². The van der Waals surface area contributed by atoms with Gasteiger partial charge in [-0.15, -0.1) is 0 Å². The van der Waals surface area contributed by atoms with Crippen LogP contribution in [0.25, 0.3) is 0 Å². The number of ether oxygens (including phenoxy) is 2. The molecule has 3 nitrogen and oxygen atoms in total. The van der Waals surface area contributed by atoms with Gasteiger partial charge in [-0.2, -0.15) is 0 Å². The Hall–Kier alpha value is -1.35. The van der Waals surface area contributed by atoms with Gasteiger partial charge in [-0.05, 0) is 37.0 Å². The molecule has 1 aromatic rings. The summed E-state index contributed by atoms with van der Waals surface area (Å²) in [5, 5.41) is 0. The fraction of sp³-hybridized carbons (Fsp3) is 0.500. The van der Waals surface area contributed by atoms with Crippen molar-refractivity contribution in [1.29, 1.82) is 0 Å². The first-order valence-electron chi connectivity index (χ1n) is 6.15. The summed E-state index contributed by atoms with van der Waals surface area (Å²) in [5.74, 6) is 0.885. The molecule has 1 saturated heterocycles. The predicted molar refractivity (Wildman–Crippen MR) is 65.3 cm³/mol. The quantitative estimate of drug-likeness (QED) is 0.734. The maximum absolute atomic E-state index is 10.3. The first kappa shape index (κ1) is 12.1. The molecule has 0 saturated carbocycles. The van der Waals surface area contributed by atoms with E-state index in [1.165, 1.54) is 5.56 Å². The molecule has 0 bridgehead atoms. The number of benzene rings is 1. The zero-order valence-corrected chi connectivity index (χ0v) is 9.93. The normalized spacial score (nSPS) is 19.9. The van der Waals surface area contributed by atoms with Crippen LogP contribution in [-0.4, -0.2) is 25.6 Å². The monoisotopic (exact) mass is 234 g/mol. The third kappa shape index (κ3) is 3.86. The first-order valence-corrected chi connectivity index (χ1v) is 6.15. The molecule has 1 aliphatic rings. The van der Waals surface area contributed by atoms with Crippen LogP contribution >= 0.6 is 0 Å². The van der Waals surface area contributed by atoms with Crippen molar-refractivity contribution in [3.8, 4) is 5.75 Å². The van der Waals surface area contributed by atoms with Crippen LogP contribution in [0.2, 0.25) is 0 Å². The summed E-state index contributed by atoms with van der Waals surface area (Å²) in [6, 6.07) is 7.97. The molecule has 0 amide bonds. The van der Waals surface area contributed by atoms with Crippen LogP contribution in [0, 0.1) is 0 Å². The highest BCUT2D eigenvalue weighted by molar-refractivity contribution is 5.50. The van der Waals surface area contributed by atoms with Crippen molar-refractivity contribution in [2.45, 2.75) is 31.8 Å². The second-order valence-corrected chi connectivity index (χ2v) is 4.31. The molecule has 1 fully saturated rings. The van der Waals surface area contributed by atoms with Gasteiger partial charge >= 0.3 is 0 Å². The minimum Gasteiger partial charge on any atom is -0.488 e. The highest BCUT2D eigenvalue weighted by Crippen LogP contribution is 2.18. The highest BCUT2D eigenvalue weighted by Gasteiger charge is 2.14. The van der Waals surface area contributed by atoms with Crippen LogP contribution in [0.1, 0.15) is 24.8 Å². The predicted octanol–water partition coefficient (Wildman–Crippen LogP) is 2.38. The molecule has 0 aliphatic carbocycles. The topological polar surface area (TPSA) is 35.5 Å². The average molecular weight is 234 g/mol. The summed E-state index contributed by atoms with van der Waals surface area (Å²) in [7, 11) is 0. The molecule has 0 radical (unpaired) electrons. The number of carbonyl (C=O) groups is 1. The Labute approximate surface area is 102 Å². The molecule has 0 spiro atoms.